The van der Waals surface area contributed by atoms with Crippen LogP contribution in [0.1, 0.15) is 67.2 Å². The molecule has 0 saturated carbocycles. The zero-order valence-corrected chi connectivity index (χ0v) is 19.1. The second-order valence-electron chi connectivity index (χ2n) is 8.24. The van der Waals surface area contributed by atoms with Gasteiger partial charge in [-0.3, -0.25) is 9.69 Å². The summed E-state index contributed by atoms with van der Waals surface area (Å²) < 4.78 is 0. The van der Waals surface area contributed by atoms with E-state index in [0.29, 0.717) is 17.8 Å². The highest BCUT2D eigenvalue weighted by molar-refractivity contribution is 7.12. The third-order valence-electron chi connectivity index (χ3n) is 6.26. The molecule has 1 unspecified atom stereocenters. The fraction of sp³-hybridized carbons (Fsp3) is 0.385. The maximum absolute atomic E-state index is 13.2. The monoisotopic (exact) mass is 431 g/mol. The van der Waals surface area contributed by atoms with E-state index in [1.165, 1.54) is 10.4 Å². The first-order chi connectivity index (χ1) is 15.1. The number of nitrogens with zero attached hydrogens (tertiary/aromatic N) is 2. The number of anilines is 1. The van der Waals surface area contributed by atoms with Gasteiger partial charge in [-0.15, -0.1) is 11.3 Å². The number of Topliss-reactive ketones (excluding diaryl/α,β-unsaturated/α-hetero) is 1. The maximum Gasteiger partial charge on any atom is 0.161 e. The lowest BCUT2D eigenvalue weighted by Gasteiger charge is -2.39. The molecule has 5 heteroatoms. The van der Waals surface area contributed by atoms with E-state index < -0.39 is 0 Å². The fourth-order valence-corrected chi connectivity index (χ4v) is 5.76. The fourth-order valence-electron chi connectivity index (χ4n) is 4.58. The average Bonchev–Trinajstić information content (AvgIpc) is 3.26. The molecule has 0 saturated heterocycles. The molecular weight excluding hydrogens is 402 g/mol. The molecule has 160 valence electrons. The van der Waals surface area contributed by atoms with Gasteiger partial charge in [0.1, 0.15) is 5.82 Å². The Balaban J connectivity index is 1.84. The third-order valence-corrected chi connectivity index (χ3v) is 7.47. The van der Waals surface area contributed by atoms with Crippen LogP contribution >= 0.6 is 11.3 Å². The van der Waals surface area contributed by atoms with Gasteiger partial charge in [-0.25, -0.2) is 0 Å². The van der Waals surface area contributed by atoms with Crippen LogP contribution in [-0.2, 0) is 17.6 Å². The molecule has 4 rings (SSSR count). The van der Waals surface area contributed by atoms with Gasteiger partial charge in [-0.1, -0.05) is 32.4 Å². The van der Waals surface area contributed by atoms with Crippen LogP contribution in [-0.4, -0.2) is 5.78 Å². The molecule has 0 bridgehead atoms. The van der Waals surface area contributed by atoms with Crippen LogP contribution in [0.25, 0.3) is 0 Å². The Labute approximate surface area is 188 Å². The minimum absolute atomic E-state index is 0.144. The number of benzene rings is 1. The molecule has 0 amide bonds. The van der Waals surface area contributed by atoms with Gasteiger partial charge in [0.15, 0.2) is 5.78 Å². The lowest BCUT2D eigenvalue weighted by atomic mass is 9.78. The molecule has 0 radical (unpaired) electrons. The van der Waals surface area contributed by atoms with Gasteiger partial charge < -0.3 is 5.73 Å². The van der Waals surface area contributed by atoms with E-state index in [0.717, 1.165) is 60.4 Å². The second-order valence-corrected chi connectivity index (χ2v) is 9.44. The molecule has 1 aromatic carbocycles. The number of carbonyl (C=O) groups excluding carboxylic acids is 1. The number of hydrogen-bond acceptors (Lipinski definition) is 5. The van der Waals surface area contributed by atoms with Crippen molar-refractivity contribution in [3.63, 3.8) is 0 Å². The van der Waals surface area contributed by atoms with Gasteiger partial charge in [-0.05, 0) is 61.9 Å². The molecule has 0 spiro atoms. The van der Waals surface area contributed by atoms with Gasteiger partial charge in [0.25, 0.3) is 0 Å². The summed E-state index contributed by atoms with van der Waals surface area (Å²) in [6, 6.07) is 14.9. The van der Waals surface area contributed by atoms with Crippen LogP contribution in [0.5, 0.6) is 0 Å². The maximum atomic E-state index is 13.2. The van der Waals surface area contributed by atoms with E-state index >= 15 is 0 Å². The van der Waals surface area contributed by atoms with Gasteiger partial charge in [-0.2, -0.15) is 5.26 Å². The quantitative estimate of drug-likeness (QED) is 0.613. The Morgan fingerprint density at radius 1 is 1.16 bits per heavy atom. The molecule has 1 atom stereocenters. The summed E-state index contributed by atoms with van der Waals surface area (Å²) in [4.78, 5) is 17.5. The number of thiophene rings is 1. The van der Waals surface area contributed by atoms with Gasteiger partial charge >= 0.3 is 0 Å². The van der Waals surface area contributed by atoms with Crippen molar-refractivity contribution in [1.29, 1.82) is 5.26 Å². The van der Waals surface area contributed by atoms with E-state index in [2.05, 4.69) is 44.2 Å². The highest BCUT2D eigenvalue weighted by atomic mass is 32.1. The molecule has 2 aliphatic rings. The highest BCUT2D eigenvalue weighted by Crippen LogP contribution is 2.47. The summed E-state index contributed by atoms with van der Waals surface area (Å²) in [5, 5.41) is 10.1. The second kappa shape index (κ2) is 9.11. The van der Waals surface area contributed by atoms with Crippen molar-refractivity contribution in [2.24, 2.45) is 5.73 Å². The van der Waals surface area contributed by atoms with Crippen LogP contribution in [0.2, 0.25) is 0 Å². The number of rotatable bonds is 6. The van der Waals surface area contributed by atoms with Gasteiger partial charge in [0.2, 0.25) is 0 Å². The highest BCUT2D eigenvalue weighted by Gasteiger charge is 2.40. The van der Waals surface area contributed by atoms with Gasteiger partial charge in [0.05, 0.1) is 17.6 Å². The predicted molar refractivity (Wildman–Crippen MR) is 127 cm³/mol. The molecule has 0 fully saturated rings. The SMILES string of the molecule is CCCCc1ccc(C2C(C#N)=C(N)N(c3ccc(CC)cc3)C3=C2C(=O)CCC3)s1. The van der Waals surface area contributed by atoms with Crippen LogP contribution in [0, 0.1) is 11.3 Å². The number of carbonyl (C=O) groups is 1. The van der Waals surface area contributed by atoms with Crippen LogP contribution in [0.4, 0.5) is 5.69 Å². The normalized spacial score (nSPS) is 18.9. The van der Waals surface area contributed by atoms with Crippen molar-refractivity contribution in [3.8, 4) is 6.07 Å². The van der Waals surface area contributed by atoms with E-state index in [1.807, 2.05) is 17.0 Å². The van der Waals surface area contributed by atoms with E-state index in [4.69, 9.17) is 5.73 Å². The number of nitriles is 1. The third kappa shape index (κ3) is 3.93. The zero-order valence-electron chi connectivity index (χ0n) is 18.3. The Morgan fingerprint density at radius 2 is 1.94 bits per heavy atom. The molecule has 31 heavy (non-hydrogen) atoms. The smallest absolute Gasteiger partial charge is 0.161 e. The summed E-state index contributed by atoms with van der Waals surface area (Å²) in [5.74, 6) is 0.248. The molecule has 2 heterocycles. The van der Waals surface area contributed by atoms with Crippen molar-refractivity contribution < 1.29 is 4.79 Å². The van der Waals surface area contributed by atoms with Crippen molar-refractivity contribution >= 4 is 22.8 Å². The average molecular weight is 432 g/mol. The van der Waals surface area contributed by atoms with Crippen molar-refractivity contribution in [2.75, 3.05) is 4.90 Å². The largest absolute Gasteiger partial charge is 0.384 e. The number of hydrogen-bond donors (Lipinski definition) is 1. The first-order valence-electron chi connectivity index (χ1n) is 11.2. The summed E-state index contributed by atoms with van der Waals surface area (Å²) in [7, 11) is 0. The lowest BCUT2D eigenvalue weighted by Crippen LogP contribution is -2.38. The number of nitrogens with two attached hydrogens (primary N) is 1. The number of ketones is 1. The molecule has 2 aromatic rings. The lowest BCUT2D eigenvalue weighted by molar-refractivity contribution is -0.116. The molecule has 1 aromatic heterocycles. The van der Waals surface area contributed by atoms with E-state index in [-0.39, 0.29) is 11.7 Å². The Morgan fingerprint density at radius 3 is 2.61 bits per heavy atom. The number of unbranched alkanes of at least 4 members (excludes halogenated alkanes) is 1. The minimum Gasteiger partial charge on any atom is -0.384 e. The molecule has 1 aliphatic heterocycles. The van der Waals surface area contributed by atoms with E-state index in [1.54, 1.807) is 11.3 Å². The standard InChI is InChI=1S/C26H29N3OS/c1-3-5-7-19-14-15-23(31-19)24-20(16-27)26(28)29(18-12-10-17(4-2)11-13-18)21-8-6-9-22(30)25(21)24/h10-15,24H,3-9,28H2,1-2H3. The summed E-state index contributed by atoms with van der Waals surface area (Å²) in [6.45, 7) is 4.31. The Bertz CT molecular complexity index is 1080. The zero-order chi connectivity index (χ0) is 22.0. The number of aryl methyl sites for hydroxylation is 2. The van der Waals surface area contributed by atoms with Crippen LogP contribution in [0.15, 0.2) is 59.1 Å². The summed E-state index contributed by atoms with van der Waals surface area (Å²) in [6.07, 6.45) is 6.42. The van der Waals surface area contributed by atoms with Gasteiger partial charge in [0, 0.05) is 33.1 Å². The van der Waals surface area contributed by atoms with Crippen molar-refractivity contribution in [2.45, 2.75) is 64.7 Å². The summed E-state index contributed by atoms with van der Waals surface area (Å²) >= 11 is 1.71. The summed E-state index contributed by atoms with van der Waals surface area (Å²) in [5.41, 5.74) is 11.0. The van der Waals surface area contributed by atoms with Crippen molar-refractivity contribution in [1.82, 2.24) is 0 Å². The molecule has 2 N–H and O–H groups in total. The topological polar surface area (TPSA) is 70.1 Å². The Kier molecular flexibility index (Phi) is 6.29. The van der Waals surface area contributed by atoms with Crippen molar-refractivity contribution in [3.05, 3.63) is 74.4 Å². The first kappa shape index (κ1) is 21.4. The first-order valence-corrected chi connectivity index (χ1v) is 12.0. The minimum atomic E-state index is -0.348. The molecule has 1 aliphatic carbocycles. The number of allylic oxidation sites excluding steroid dienone is 3. The van der Waals surface area contributed by atoms with Crippen LogP contribution in [0.3, 0.4) is 0 Å². The molecule has 4 nitrogen and oxygen atoms in total. The predicted octanol–water partition coefficient (Wildman–Crippen LogP) is 5.96. The molecular formula is C26H29N3OS. The Hall–Kier alpha value is -2.84. The van der Waals surface area contributed by atoms with E-state index in [9.17, 15) is 10.1 Å². The van der Waals surface area contributed by atoms with Crippen LogP contribution < -0.4 is 10.6 Å².